The Hall–Kier alpha value is -1.90. The van der Waals surface area contributed by atoms with Crippen LogP contribution in [0.4, 0.5) is 0 Å². The van der Waals surface area contributed by atoms with Crippen LogP contribution in [0.1, 0.15) is 72.1 Å². The van der Waals surface area contributed by atoms with Crippen LogP contribution in [0.25, 0.3) is 0 Å². The van der Waals surface area contributed by atoms with Crippen molar-refractivity contribution in [3.8, 4) is 0 Å². The molecule has 1 unspecified atom stereocenters. The lowest BCUT2D eigenvalue weighted by atomic mass is 9.60. The van der Waals surface area contributed by atoms with Crippen LogP contribution in [0.15, 0.2) is 0 Å². The number of hydrogen-bond acceptors (Lipinski definition) is 6. The molecule has 1 aliphatic rings. The van der Waals surface area contributed by atoms with Crippen molar-refractivity contribution in [3.05, 3.63) is 17.0 Å². The molecule has 1 saturated carbocycles. The molecule has 1 atom stereocenters. The van der Waals surface area contributed by atoms with Crippen LogP contribution in [0.3, 0.4) is 0 Å². The van der Waals surface area contributed by atoms with Gasteiger partial charge in [-0.3, -0.25) is 14.4 Å². The van der Waals surface area contributed by atoms with Crippen LogP contribution in [-0.4, -0.2) is 45.4 Å². The first-order chi connectivity index (χ1) is 12.5. The van der Waals surface area contributed by atoms with Crippen LogP contribution in [0.2, 0.25) is 0 Å². The Labute approximate surface area is 160 Å². The number of nitrogens with zero attached hydrogens (tertiary/aromatic N) is 2. The average Bonchev–Trinajstić information content (AvgIpc) is 2.52. The lowest BCUT2D eigenvalue weighted by molar-refractivity contribution is -0.787. The van der Waals surface area contributed by atoms with Gasteiger partial charge < -0.3 is 9.94 Å². The number of aliphatic carboxylic acids is 1. The number of carboxylic acid groups (broad SMARTS) is 1. The van der Waals surface area contributed by atoms with Crippen LogP contribution < -0.4 is 0 Å². The van der Waals surface area contributed by atoms with Crippen LogP contribution in [-0.2, 0) is 19.3 Å². The topological polar surface area (TPSA) is 119 Å². The molecular weight excluding hydrogens is 356 g/mol. The molecule has 1 N–H and O–H groups in total. The quantitative estimate of drug-likeness (QED) is 0.328. The second-order valence-corrected chi connectivity index (χ2v) is 8.21. The second-order valence-electron chi connectivity index (χ2n) is 8.21. The number of hydroxylamine groups is 2. The Morgan fingerprint density at radius 1 is 1.33 bits per heavy atom. The van der Waals surface area contributed by atoms with E-state index < -0.39 is 34.1 Å². The number of carbonyl (C=O) groups excluding carboxylic acids is 1. The lowest BCUT2D eigenvalue weighted by Gasteiger charge is -2.51. The lowest BCUT2D eigenvalue weighted by Crippen LogP contribution is -2.58. The summed E-state index contributed by atoms with van der Waals surface area (Å²) in [4.78, 5) is 45.3. The molecule has 0 heterocycles. The minimum atomic E-state index is -1.58. The summed E-state index contributed by atoms with van der Waals surface area (Å²) in [5.41, 5.74) is -3.14. The van der Waals surface area contributed by atoms with Crippen molar-refractivity contribution in [1.29, 1.82) is 0 Å². The highest BCUT2D eigenvalue weighted by Crippen LogP contribution is 2.51. The van der Waals surface area contributed by atoms with Gasteiger partial charge in [-0.15, -0.1) is 10.1 Å². The normalized spacial score (nSPS) is 19.0. The molecule has 0 aromatic carbocycles. The molecule has 155 valence electrons. The summed E-state index contributed by atoms with van der Waals surface area (Å²) >= 11 is 0. The zero-order valence-electron chi connectivity index (χ0n) is 16.4. The van der Waals surface area contributed by atoms with Gasteiger partial charge in [-0.1, -0.05) is 32.6 Å². The zero-order chi connectivity index (χ0) is 20.7. The van der Waals surface area contributed by atoms with E-state index in [4.69, 9.17) is 9.68 Å². The van der Waals surface area contributed by atoms with Crippen molar-refractivity contribution in [2.75, 3.05) is 6.54 Å². The van der Waals surface area contributed by atoms with Crippen molar-refractivity contribution >= 4 is 12.4 Å². The third kappa shape index (κ3) is 6.34. The monoisotopic (exact) mass is 387 g/mol. The van der Waals surface area contributed by atoms with E-state index in [-0.39, 0.29) is 19.4 Å². The van der Waals surface area contributed by atoms with Gasteiger partial charge in [0.05, 0.1) is 18.6 Å². The SMILES string of the molecule is [CH2]CCC(CC(=O)O)(O[N+](=O)[O-])C1(CN(C=O)OC(C)(C)C)CCCCC1. The molecule has 0 aromatic heterocycles. The molecule has 0 bridgehead atoms. The summed E-state index contributed by atoms with van der Waals surface area (Å²) in [7, 11) is 0. The van der Waals surface area contributed by atoms with Crippen molar-refractivity contribution in [1.82, 2.24) is 5.06 Å². The fraction of sp³-hybridized carbons (Fsp3) is 0.833. The maximum absolute atomic E-state index is 11.6. The van der Waals surface area contributed by atoms with Gasteiger partial charge >= 0.3 is 5.97 Å². The first kappa shape index (κ1) is 23.1. The third-order valence-electron chi connectivity index (χ3n) is 5.01. The molecule has 9 nitrogen and oxygen atoms in total. The maximum Gasteiger partial charge on any atom is 0.305 e. The van der Waals surface area contributed by atoms with Gasteiger partial charge in [0, 0.05) is 5.41 Å². The zero-order valence-corrected chi connectivity index (χ0v) is 16.4. The Balaban J connectivity index is 3.39. The number of hydrogen-bond donors (Lipinski definition) is 1. The Morgan fingerprint density at radius 3 is 2.33 bits per heavy atom. The summed E-state index contributed by atoms with van der Waals surface area (Å²) < 4.78 is 0. The summed E-state index contributed by atoms with van der Waals surface area (Å²) in [6, 6.07) is 0. The highest BCUT2D eigenvalue weighted by atomic mass is 17.0. The van der Waals surface area contributed by atoms with Gasteiger partial charge in [0.25, 0.3) is 5.09 Å². The minimum Gasteiger partial charge on any atom is -0.481 e. The summed E-state index contributed by atoms with van der Waals surface area (Å²) in [5, 5.41) is 21.0. The third-order valence-corrected chi connectivity index (χ3v) is 5.01. The minimum absolute atomic E-state index is 0.0227. The van der Waals surface area contributed by atoms with Crippen molar-refractivity contribution in [2.24, 2.45) is 5.41 Å². The molecule has 1 amide bonds. The predicted molar refractivity (Wildman–Crippen MR) is 96.8 cm³/mol. The predicted octanol–water partition coefficient (Wildman–Crippen LogP) is 3.16. The molecule has 0 saturated heterocycles. The van der Waals surface area contributed by atoms with E-state index in [0.29, 0.717) is 19.3 Å². The van der Waals surface area contributed by atoms with E-state index in [2.05, 4.69) is 6.92 Å². The Morgan fingerprint density at radius 2 is 1.93 bits per heavy atom. The number of rotatable bonds is 11. The van der Waals surface area contributed by atoms with Gasteiger partial charge in [-0.2, -0.15) is 0 Å². The number of amides is 1. The van der Waals surface area contributed by atoms with E-state index in [1.807, 2.05) is 0 Å². The Bertz CT molecular complexity index is 508. The van der Waals surface area contributed by atoms with Crippen molar-refractivity contribution < 1.29 is 29.5 Å². The van der Waals surface area contributed by atoms with Gasteiger partial charge in [0.1, 0.15) is 5.60 Å². The van der Waals surface area contributed by atoms with E-state index in [1.165, 1.54) is 0 Å². The summed E-state index contributed by atoms with van der Waals surface area (Å²) in [6.45, 7) is 9.13. The van der Waals surface area contributed by atoms with Gasteiger partial charge in [-0.05, 0) is 40.0 Å². The standard InChI is InChI=1S/C18H31N2O7/c1-5-9-18(12-15(22)23,27-20(24)25)17(10-7-6-8-11-17)13-19(14-21)26-16(2,3)4/h14H,1,5-13H2,2-4H3,(H,22,23). The summed E-state index contributed by atoms with van der Waals surface area (Å²) in [6.07, 6.45) is 3.85. The molecule has 1 fully saturated rings. The molecular formula is C18H31N2O7. The maximum atomic E-state index is 11.6. The highest BCUT2D eigenvalue weighted by Gasteiger charge is 2.56. The highest BCUT2D eigenvalue weighted by molar-refractivity contribution is 5.68. The summed E-state index contributed by atoms with van der Waals surface area (Å²) in [5.74, 6) is -1.19. The van der Waals surface area contributed by atoms with Crippen LogP contribution in [0.5, 0.6) is 0 Å². The molecule has 1 radical (unpaired) electrons. The molecule has 1 aliphatic carbocycles. The fourth-order valence-corrected chi connectivity index (χ4v) is 4.12. The molecule has 9 heteroatoms. The molecule has 0 aliphatic heterocycles. The van der Waals surface area contributed by atoms with Gasteiger partial charge in [-0.25, -0.2) is 5.06 Å². The van der Waals surface area contributed by atoms with Crippen LogP contribution >= 0.6 is 0 Å². The Kier molecular flexibility index (Phi) is 8.01. The molecule has 0 aromatic rings. The first-order valence-corrected chi connectivity index (χ1v) is 9.25. The second kappa shape index (κ2) is 9.34. The molecule has 0 spiro atoms. The number of carbonyl (C=O) groups is 2. The molecule has 1 rings (SSSR count). The van der Waals surface area contributed by atoms with E-state index in [1.54, 1.807) is 20.8 Å². The van der Waals surface area contributed by atoms with E-state index >= 15 is 0 Å². The smallest absolute Gasteiger partial charge is 0.305 e. The van der Waals surface area contributed by atoms with E-state index in [0.717, 1.165) is 24.3 Å². The largest absolute Gasteiger partial charge is 0.481 e. The van der Waals surface area contributed by atoms with Gasteiger partial charge in [0.2, 0.25) is 6.41 Å². The van der Waals surface area contributed by atoms with Crippen molar-refractivity contribution in [3.63, 3.8) is 0 Å². The first-order valence-electron chi connectivity index (χ1n) is 9.25. The fourth-order valence-electron chi connectivity index (χ4n) is 4.12. The van der Waals surface area contributed by atoms with Crippen molar-refractivity contribution in [2.45, 2.75) is 83.3 Å². The average molecular weight is 387 g/mol. The number of carboxylic acids is 1. The molecule has 27 heavy (non-hydrogen) atoms. The van der Waals surface area contributed by atoms with Gasteiger partial charge in [0.15, 0.2) is 0 Å². The van der Waals surface area contributed by atoms with Crippen LogP contribution in [0, 0.1) is 22.5 Å². The van der Waals surface area contributed by atoms with E-state index in [9.17, 15) is 24.8 Å².